The van der Waals surface area contributed by atoms with Crippen molar-refractivity contribution >= 4 is 5.57 Å². The Morgan fingerprint density at radius 1 is 1.46 bits per heavy atom. The van der Waals surface area contributed by atoms with E-state index in [4.69, 9.17) is 0 Å². The van der Waals surface area contributed by atoms with Gasteiger partial charge < -0.3 is 0 Å². The van der Waals surface area contributed by atoms with E-state index in [1.54, 1.807) is 0 Å². The molecule has 2 heteroatoms. The van der Waals surface area contributed by atoms with Gasteiger partial charge in [0.2, 0.25) is 0 Å². The quantitative estimate of drug-likeness (QED) is 0.643. The summed E-state index contributed by atoms with van der Waals surface area (Å²) >= 11 is 0. The molecule has 70 valence electrons. The first-order chi connectivity index (χ1) is 6.20. The topological polar surface area (TPSA) is 17.8 Å². The lowest BCUT2D eigenvalue weighted by Gasteiger charge is -2.17. The molecular formula is C11H16N2. The average Bonchev–Trinajstić information content (AvgIpc) is 2.48. The van der Waals surface area contributed by atoms with Gasteiger partial charge in [-0.05, 0) is 38.7 Å². The Labute approximate surface area is 79.3 Å². The summed E-state index contributed by atoms with van der Waals surface area (Å²) in [6.45, 7) is 8.42. The van der Waals surface area contributed by atoms with E-state index in [1.807, 2.05) is 6.20 Å². The van der Waals surface area contributed by atoms with Gasteiger partial charge in [-0.1, -0.05) is 6.58 Å². The van der Waals surface area contributed by atoms with E-state index in [9.17, 15) is 0 Å². The molecule has 0 spiro atoms. The second-order valence-corrected chi connectivity index (χ2v) is 4.00. The molecule has 0 atom stereocenters. The number of nitrogens with zero attached hydrogens (tertiary/aromatic N) is 2. The third-order valence-electron chi connectivity index (χ3n) is 2.66. The minimum absolute atomic E-state index is 0.467. The maximum absolute atomic E-state index is 4.40. The van der Waals surface area contributed by atoms with Crippen LogP contribution < -0.4 is 0 Å². The number of hydrogen-bond donors (Lipinski definition) is 0. The third-order valence-corrected chi connectivity index (χ3v) is 2.66. The predicted octanol–water partition coefficient (Wildman–Crippen LogP) is 2.81. The van der Waals surface area contributed by atoms with Gasteiger partial charge in [0.15, 0.2) is 0 Å². The zero-order valence-corrected chi connectivity index (χ0v) is 8.38. The van der Waals surface area contributed by atoms with Crippen LogP contribution >= 0.6 is 0 Å². The van der Waals surface area contributed by atoms with E-state index in [0.717, 1.165) is 12.8 Å². The fraction of sp³-hybridized carbons (Fsp3) is 0.545. The van der Waals surface area contributed by atoms with Crippen LogP contribution in [0.2, 0.25) is 0 Å². The first kappa shape index (κ1) is 8.54. The minimum Gasteiger partial charge on any atom is -0.266 e. The molecule has 0 amide bonds. The second kappa shape index (κ2) is 3.02. The molecule has 2 rings (SSSR count). The Bertz CT molecular complexity index is 334. The van der Waals surface area contributed by atoms with Crippen molar-refractivity contribution in [3.8, 4) is 0 Å². The van der Waals surface area contributed by atoms with E-state index in [2.05, 4.69) is 30.2 Å². The number of allylic oxidation sites excluding steroid dienone is 1. The SMILES string of the molecule is C=C1CCCc2c1cnn2C(C)C. The van der Waals surface area contributed by atoms with Crippen molar-refractivity contribution in [2.75, 3.05) is 0 Å². The molecule has 2 nitrogen and oxygen atoms in total. The molecule has 0 fully saturated rings. The van der Waals surface area contributed by atoms with Gasteiger partial charge in [-0.15, -0.1) is 0 Å². The molecule has 13 heavy (non-hydrogen) atoms. The van der Waals surface area contributed by atoms with Gasteiger partial charge in [0.05, 0.1) is 6.20 Å². The lowest BCUT2D eigenvalue weighted by Crippen LogP contribution is -2.10. The van der Waals surface area contributed by atoms with Crippen molar-refractivity contribution in [3.05, 3.63) is 24.0 Å². The normalized spacial score (nSPS) is 16.4. The molecule has 1 aromatic rings. The summed E-state index contributed by atoms with van der Waals surface area (Å²) in [5, 5.41) is 4.40. The lowest BCUT2D eigenvalue weighted by atomic mass is 9.94. The standard InChI is InChI=1S/C11H16N2/c1-8(2)13-11-6-4-5-9(3)10(11)7-12-13/h7-8H,3-6H2,1-2H3. The molecular weight excluding hydrogens is 160 g/mol. The largest absolute Gasteiger partial charge is 0.266 e. The maximum atomic E-state index is 4.40. The van der Waals surface area contributed by atoms with Crippen LogP contribution in [0.5, 0.6) is 0 Å². The van der Waals surface area contributed by atoms with Crippen LogP contribution in [0, 0.1) is 0 Å². The van der Waals surface area contributed by atoms with E-state index < -0.39 is 0 Å². The van der Waals surface area contributed by atoms with Crippen molar-refractivity contribution in [3.63, 3.8) is 0 Å². The average molecular weight is 176 g/mol. The van der Waals surface area contributed by atoms with Crippen molar-refractivity contribution in [1.82, 2.24) is 9.78 Å². The molecule has 1 aliphatic carbocycles. The lowest BCUT2D eigenvalue weighted by molar-refractivity contribution is 0.503. The fourth-order valence-electron chi connectivity index (χ4n) is 1.98. The summed E-state index contributed by atoms with van der Waals surface area (Å²) in [5.74, 6) is 0. The van der Waals surface area contributed by atoms with Crippen LogP contribution in [0.4, 0.5) is 0 Å². The van der Waals surface area contributed by atoms with Gasteiger partial charge in [-0.25, -0.2) is 0 Å². The zero-order valence-electron chi connectivity index (χ0n) is 8.38. The van der Waals surface area contributed by atoms with E-state index in [1.165, 1.54) is 23.3 Å². The van der Waals surface area contributed by atoms with Crippen LogP contribution in [0.1, 0.15) is 44.0 Å². The van der Waals surface area contributed by atoms with Gasteiger partial charge in [0.25, 0.3) is 0 Å². The summed E-state index contributed by atoms with van der Waals surface area (Å²) in [7, 11) is 0. The minimum atomic E-state index is 0.467. The highest BCUT2D eigenvalue weighted by atomic mass is 15.3. The first-order valence-electron chi connectivity index (χ1n) is 4.94. The number of fused-ring (bicyclic) bond motifs is 1. The molecule has 0 radical (unpaired) electrons. The highest BCUT2D eigenvalue weighted by Gasteiger charge is 2.18. The first-order valence-corrected chi connectivity index (χ1v) is 4.94. The zero-order chi connectivity index (χ0) is 9.42. The van der Waals surface area contributed by atoms with Gasteiger partial charge in [-0.3, -0.25) is 4.68 Å². The second-order valence-electron chi connectivity index (χ2n) is 4.00. The molecule has 0 saturated carbocycles. The van der Waals surface area contributed by atoms with Gasteiger partial charge in [-0.2, -0.15) is 5.10 Å². The Morgan fingerprint density at radius 2 is 2.23 bits per heavy atom. The highest BCUT2D eigenvalue weighted by Crippen LogP contribution is 2.30. The Balaban J connectivity index is 2.47. The molecule has 0 N–H and O–H groups in total. The Hall–Kier alpha value is -1.05. The number of hydrogen-bond acceptors (Lipinski definition) is 1. The van der Waals surface area contributed by atoms with Crippen molar-refractivity contribution in [1.29, 1.82) is 0 Å². The van der Waals surface area contributed by atoms with Crippen molar-refractivity contribution < 1.29 is 0 Å². The van der Waals surface area contributed by atoms with E-state index >= 15 is 0 Å². The molecule has 0 aromatic carbocycles. The van der Waals surface area contributed by atoms with Crippen LogP contribution in [0.15, 0.2) is 12.8 Å². The molecule has 0 bridgehead atoms. The maximum Gasteiger partial charge on any atom is 0.0567 e. The summed E-state index contributed by atoms with van der Waals surface area (Å²) in [6.07, 6.45) is 5.49. The summed E-state index contributed by atoms with van der Waals surface area (Å²) in [4.78, 5) is 0. The third kappa shape index (κ3) is 1.30. The summed E-state index contributed by atoms with van der Waals surface area (Å²) in [5.41, 5.74) is 3.93. The molecule has 1 aromatic heterocycles. The van der Waals surface area contributed by atoms with Crippen molar-refractivity contribution in [2.24, 2.45) is 0 Å². The molecule has 1 heterocycles. The Kier molecular flexibility index (Phi) is 1.98. The molecule has 0 unspecified atom stereocenters. The van der Waals surface area contributed by atoms with Crippen LogP contribution in [-0.4, -0.2) is 9.78 Å². The van der Waals surface area contributed by atoms with Gasteiger partial charge >= 0.3 is 0 Å². The highest BCUT2D eigenvalue weighted by molar-refractivity contribution is 5.66. The van der Waals surface area contributed by atoms with E-state index in [-0.39, 0.29) is 0 Å². The smallest absolute Gasteiger partial charge is 0.0567 e. The van der Waals surface area contributed by atoms with Crippen LogP contribution in [0.25, 0.3) is 5.57 Å². The van der Waals surface area contributed by atoms with Gasteiger partial charge in [0.1, 0.15) is 0 Å². The molecule has 0 aliphatic heterocycles. The monoisotopic (exact) mass is 176 g/mol. The number of rotatable bonds is 1. The van der Waals surface area contributed by atoms with E-state index in [0.29, 0.717) is 6.04 Å². The predicted molar refractivity (Wildman–Crippen MR) is 54.6 cm³/mol. The molecule has 1 aliphatic rings. The summed E-state index contributed by atoms with van der Waals surface area (Å²) < 4.78 is 2.12. The van der Waals surface area contributed by atoms with Crippen molar-refractivity contribution in [2.45, 2.75) is 39.2 Å². The van der Waals surface area contributed by atoms with Crippen LogP contribution in [-0.2, 0) is 6.42 Å². The summed E-state index contributed by atoms with van der Waals surface area (Å²) in [6, 6.07) is 0.467. The molecule has 0 saturated heterocycles. The van der Waals surface area contributed by atoms with Gasteiger partial charge in [0, 0.05) is 17.3 Å². The fourth-order valence-corrected chi connectivity index (χ4v) is 1.98. The van der Waals surface area contributed by atoms with Crippen LogP contribution in [0.3, 0.4) is 0 Å². The Morgan fingerprint density at radius 3 is 2.92 bits per heavy atom. The number of aromatic nitrogens is 2.